The normalized spacial score (nSPS) is 24.6. The Morgan fingerprint density at radius 3 is 2.85 bits per heavy atom. The van der Waals surface area contributed by atoms with Crippen LogP contribution in [-0.4, -0.2) is 94.4 Å². The Hall–Kier alpha value is -3.28. The van der Waals surface area contributed by atoms with Gasteiger partial charge in [-0.2, -0.15) is 5.10 Å². The molecule has 0 unspecified atom stereocenters. The first-order valence-corrected chi connectivity index (χ1v) is 15.7. The van der Waals surface area contributed by atoms with Gasteiger partial charge in [0.1, 0.15) is 17.0 Å². The van der Waals surface area contributed by atoms with Crippen LogP contribution in [-0.2, 0) is 22.4 Å². The molecular formula is C30H36N8O2S. The van der Waals surface area contributed by atoms with Crippen molar-refractivity contribution in [2.75, 3.05) is 50.6 Å². The number of hydrogen-bond acceptors (Lipinski definition) is 9. The topological polar surface area (TPSA) is 103 Å². The number of benzene rings is 1. The molecule has 214 valence electrons. The highest BCUT2D eigenvalue weighted by atomic mass is 32.1. The fourth-order valence-corrected chi connectivity index (χ4v) is 8.68. The summed E-state index contributed by atoms with van der Waals surface area (Å²) in [5.41, 5.74) is 4.55. The Morgan fingerprint density at radius 1 is 1.20 bits per heavy atom. The van der Waals surface area contributed by atoms with Crippen LogP contribution in [0.15, 0.2) is 24.7 Å². The van der Waals surface area contributed by atoms with Gasteiger partial charge in [0.05, 0.1) is 47.2 Å². The van der Waals surface area contributed by atoms with E-state index in [4.69, 9.17) is 9.72 Å². The Kier molecular flexibility index (Phi) is 6.15. The van der Waals surface area contributed by atoms with Crippen molar-refractivity contribution in [2.24, 2.45) is 5.92 Å². The van der Waals surface area contributed by atoms with Gasteiger partial charge in [0.15, 0.2) is 0 Å². The van der Waals surface area contributed by atoms with Gasteiger partial charge in [-0.25, -0.2) is 9.97 Å². The molecule has 4 aromatic rings. The molecule has 41 heavy (non-hydrogen) atoms. The van der Waals surface area contributed by atoms with Crippen molar-refractivity contribution in [1.82, 2.24) is 30.0 Å². The highest BCUT2D eigenvalue weighted by Gasteiger charge is 2.44. The lowest BCUT2D eigenvalue weighted by molar-refractivity contribution is -0.140. The molecule has 1 aliphatic carbocycles. The minimum absolute atomic E-state index is 0.0412. The number of piperidine rings is 1. The third-order valence-electron chi connectivity index (χ3n) is 9.72. The van der Waals surface area contributed by atoms with Gasteiger partial charge in [-0.3, -0.25) is 9.89 Å². The number of aryl methyl sites for hydroxylation is 1. The summed E-state index contributed by atoms with van der Waals surface area (Å²) in [6.45, 7) is 3.46. The fraction of sp³-hybridized carbons (Fsp3) is 0.533. The number of ether oxygens (including phenoxy) is 1. The molecule has 1 amide bonds. The molecule has 11 heteroatoms. The molecule has 6 heterocycles. The second kappa shape index (κ2) is 9.92. The average Bonchev–Trinajstić information content (AvgIpc) is 3.79. The number of aromatic amines is 1. The van der Waals surface area contributed by atoms with Gasteiger partial charge in [0.25, 0.3) is 0 Å². The average molecular weight is 573 g/mol. The first-order chi connectivity index (χ1) is 20.0. The maximum absolute atomic E-state index is 13.5. The van der Waals surface area contributed by atoms with Crippen LogP contribution < -0.4 is 10.2 Å². The summed E-state index contributed by atoms with van der Waals surface area (Å²) in [4.78, 5) is 32.1. The summed E-state index contributed by atoms with van der Waals surface area (Å²) in [5.74, 6) is 1.20. The van der Waals surface area contributed by atoms with E-state index in [1.807, 2.05) is 6.20 Å². The Balaban J connectivity index is 1.10. The number of likely N-dealkylation sites (tertiary alicyclic amines) is 1. The molecule has 3 fully saturated rings. The van der Waals surface area contributed by atoms with Crippen molar-refractivity contribution < 1.29 is 9.53 Å². The number of anilines is 3. The van der Waals surface area contributed by atoms with E-state index in [1.54, 1.807) is 17.7 Å². The summed E-state index contributed by atoms with van der Waals surface area (Å²) < 4.78 is 5.73. The lowest BCUT2D eigenvalue weighted by atomic mass is 9.86. The molecule has 0 radical (unpaired) electrons. The number of fused-ring (bicyclic) bond motifs is 6. The third-order valence-corrected chi connectivity index (χ3v) is 10.9. The number of amides is 1. The van der Waals surface area contributed by atoms with Crippen molar-refractivity contribution >= 4 is 55.6 Å². The van der Waals surface area contributed by atoms with Gasteiger partial charge < -0.3 is 24.8 Å². The number of nitrogens with one attached hydrogen (secondary N) is 2. The molecule has 3 aliphatic heterocycles. The van der Waals surface area contributed by atoms with Gasteiger partial charge in [-0.1, -0.05) is 0 Å². The lowest BCUT2D eigenvalue weighted by Gasteiger charge is -2.37. The minimum atomic E-state index is 0.0412. The second-order valence-corrected chi connectivity index (χ2v) is 13.4. The molecule has 3 atom stereocenters. The number of carbonyl (C=O) groups excluding carboxylic acids is 1. The number of aromatic nitrogens is 4. The van der Waals surface area contributed by atoms with Crippen molar-refractivity contribution in [3.05, 3.63) is 35.1 Å². The van der Waals surface area contributed by atoms with E-state index in [0.717, 1.165) is 90.8 Å². The van der Waals surface area contributed by atoms with E-state index in [2.05, 4.69) is 61.4 Å². The molecule has 1 aromatic carbocycles. The molecule has 10 nitrogen and oxygen atoms in total. The van der Waals surface area contributed by atoms with E-state index < -0.39 is 0 Å². The maximum Gasteiger partial charge on any atom is 0.226 e. The van der Waals surface area contributed by atoms with Crippen LogP contribution in [0.2, 0.25) is 0 Å². The Bertz CT molecular complexity index is 1620. The zero-order valence-electron chi connectivity index (χ0n) is 23.6. The van der Waals surface area contributed by atoms with Gasteiger partial charge in [0.2, 0.25) is 5.91 Å². The van der Waals surface area contributed by atoms with Crippen molar-refractivity contribution in [3.63, 3.8) is 0 Å². The van der Waals surface area contributed by atoms with Crippen LogP contribution in [0.1, 0.15) is 36.1 Å². The number of H-pyrrole nitrogens is 1. The molecule has 3 aromatic heterocycles. The summed E-state index contributed by atoms with van der Waals surface area (Å²) in [7, 11) is 4.35. The number of nitrogens with zero attached hydrogens (tertiary/aromatic N) is 6. The Labute approximate surface area is 243 Å². The number of rotatable bonds is 5. The minimum Gasteiger partial charge on any atom is -0.374 e. The van der Waals surface area contributed by atoms with Crippen LogP contribution in [0.3, 0.4) is 0 Å². The summed E-state index contributed by atoms with van der Waals surface area (Å²) >= 11 is 1.73. The number of morpholine rings is 1. The zero-order chi connectivity index (χ0) is 27.7. The van der Waals surface area contributed by atoms with Crippen LogP contribution in [0.4, 0.5) is 17.2 Å². The molecule has 2 bridgehead atoms. The number of hydrogen-bond donors (Lipinski definition) is 2. The maximum atomic E-state index is 13.5. The molecule has 0 spiro atoms. The van der Waals surface area contributed by atoms with Gasteiger partial charge in [-0.15, -0.1) is 11.3 Å². The molecule has 0 saturated carbocycles. The Morgan fingerprint density at radius 2 is 2.07 bits per heavy atom. The first kappa shape index (κ1) is 25.4. The van der Waals surface area contributed by atoms with Crippen LogP contribution >= 0.6 is 11.3 Å². The highest BCUT2D eigenvalue weighted by Crippen LogP contribution is 2.43. The van der Waals surface area contributed by atoms with Gasteiger partial charge in [-0.05, 0) is 70.3 Å². The molecule has 8 rings (SSSR count). The summed E-state index contributed by atoms with van der Waals surface area (Å²) in [6.07, 6.45) is 9.57. The zero-order valence-corrected chi connectivity index (χ0v) is 24.4. The third kappa shape index (κ3) is 4.36. The predicted octanol–water partition coefficient (Wildman–Crippen LogP) is 3.95. The van der Waals surface area contributed by atoms with Crippen LogP contribution in [0.5, 0.6) is 0 Å². The SMILES string of the molecule is CN(C)C1CCN(c2cc3[nH]ncc3cc2Nc2ncnc3sc4c(c23)CC[C@H](C(=O)N2C[C@H]3C[C@@H]2CO3)C4)CC1. The van der Waals surface area contributed by atoms with E-state index in [-0.39, 0.29) is 18.1 Å². The lowest BCUT2D eigenvalue weighted by Crippen LogP contribution is -2.45. The van der Waals surface area contributed by atoms with E-state index in [1.165, 1.54) is 16.1 Å². The largest absolute Gasteiger partial charge is 0.374 e. The summed E-state index contributed by atoms with van der Waals surface area (Å²) in [5, 5.41) is 13.4. The number of thiophene rings is 1. The monoisotopic (exact) mass is 572 g/mol. The summed E-state index contributed by atoms with van der Waals surface area (Å²) in [6, 6.07) is 5.28. The van der Waals surface area contributed by atoms with E-state index >= 15 is 0 Å². The van der Waals surface area contributed by atoms with Gasteiger partial charge >= 0.3 is 0 Å². The molecule has 2 N–H and O–H groups in total. The first-order valence-electron chi connectivity index (χ1n) is 14.8. The second-order valence-electron chi connectivity index (χ2n) is 12.3. The molecule has 4 aliphatic rings. The van der Waals surface area contributed by atoms with Crippen LogP contribution in [0.25, 0.3) is 21.1 Å². The van der Waals surface area contributed by atoms with Crippen molar-refractivity contribution in [2.45, 2.75) is 56.7 Å². The quantitative estimate of drug-likeness (QED) is 0.371. The highest BCUT2D eigenvalue weighted by molar-refractivity contribution is 7.19. The van der Waals surface area contributed by atoms with E-state index in [9.17, 15) is 4.79 Å². The molecule has 3 saturated heterocycles. The molecular weight excluding hydrogens is 536 g/mol. The smallest absolute Gasteiger partial charge is 0.226 e. The van der Waals surface area contributed by atoms with Crippen molar-refractivity contribution in [3.8, 4) is 0 Å². The van der Waals surface area contributed by atoms with Gasteiger partial charge in [0, 0.05) is 41.9 Å². The predicted molar refractivity (Wildman–Crippen MR) is 161 cm³/mol. The standard InChI is InChI=1S/C30H36N8O2S/c1-36(2)19-5-7-37(8-6-19)25-12-23-18(13-33-35-23)9-24(25)34-28-27-22-4-3-17(10-26(22)41-29(27)32-16-31-28)30(39)38-14-21-11-20(38)15-40-21/h9,12-13,16-17,19-21H,3-8,10-11,14-15H2,1-2H3,(H,33,35)(H,31,32,34)/t17-,20+,21+/m0/s1. The number of carbonyl (C=O) groups is 1. The fourth-order valence-electron chi connectivity index (χ4n) is 7.41. The van der Waals surface area contributed by atoms with Crippen molar-refractivity contribution in [1.29, 1.82) is 0 Å². The van der Waals surface area contributed by atoms with E-state index in [0.29, 0.717) is 18.6 Å². The van der Waals surface area contributed by atoms with Crippen LogP contribution in [0, 0.1) is 5.92 Å².